The van der Waals surface area contributed by atoms with E-state index < -0.39 is 0 Å². The van der Waals surface area contributed by atoms with Gasteiger partial charge in [0.15, 0.2) is 0 Å². The number of rotatable bonds is 6. The predicted molar refractivity (Wildman–Crippen MR) is 88.7 cm³/mol. The zero-order valence-electron chi connectivity index (χ0n) is 11.5. The van der Waals surface area contributed by atoms with Gasteiger partial charge in [-0.1, -0.05) is 61.7 Å². The third kappa shape index (κ3) is 3.83. The van der Waals surface area contributed by atoms with Crippen LogP contribution in [0.3, 0.4) is 0 Å². The largest absolute Gasteiger partial charge is 0.378 e. The molecule has 2 rings (SSSR count). The van der Waals surface area contributed by atoms with E-state index in [1.165, 1.54) is 24.0 Å². The van der Waals surface area contributed by atoms with Crippen molar-refractivity contribution in [2.75, 3.05) is 17.3 Å². The molecule has 3 heteroatoms. The average molecular weight is 390 g/mol. The first kappa shape index (κ1) is 15.5. The first-order chi connectivity index (χ1) is 9.20. The van der Waals surface area contributed by atoms with Crippen molar-refractivity contribution in [2.45, 2.75) is 44.1 Å². The Kier molecular flexibility index (Phi) is 5.91. The lowest BCUT2D eigenvalue weighted by atomic mass is 9.79. The highest BCUT2D eigenvalue weighted by atomic mass is 79.9. The molecule has 0 aliphatic carbocycles. The molecule has 1 aliphatic rings. The van der Waals surface area contributed by atoms with Gasteiger partial charge in [0.2, 0.25) is 0 Å². The second-order valence-electron chi connectivity index (χ2n) is 5.59. The van der Waals surface area contributed by atoms with E-state index in [1.54, 1.807) is 0 Å². The van der Waals surface area contributed by atoms with Crippen LogP contribution in [-0.4, -0.2) is 23.4 Å². The van der Waals surface area contributed by atoms with E-state index in [-0.39, 0.29) is 5.41 Å². The fraction of sp³-hybridized carbons (Fsp3) is 0.625. The molecule has 0 bridgehead atoms. The minimum Gasteiger partial charge on any atom is -0.378 e. The molecule has 1 nitrogen and oxygen atoms in total. The van der Waals surface area contributed by atoms with Gasteiger partial charge >= 0.3 is 0 Å². The molecule has 0 saturated carbocycles. The lowest BCUT2D eigenvalue weighted by molar-refractivity contribution is 0.0979. The summed E-state index contributed by atoms with van der Waals surface area (Å²) in [6, 6.07) is 8.96. The molecule has 0 radical (unpaired) electrons. The van der Waals surface area contributed by atoms with Gasteiger partial charge in [0.1, 0.15) is 0 Å². The highest BCUT2D eigenvalue weighted by Crippen LogP contribution is 2.35. The lowest BCUT2D eigenvalue weighted by Crippen LogP contribution is -2.31. The summed E-state index contributed by atoms with van der Waals surface area (Å²) in [5.74, 6) is 0. The normalized spacial score (nSPS) is 19.8. The lowest BCUT2D eigenvalue weighted by Gasteiger charge is -2.32. The summed E-state index contributed by atoms with van der Waals surface area (Å²) in [6.07, 6.45) is 5.25. The number of alkyl halides is 2. The first-order valence-electron chi connectivity index (χ1n) is 7.01. The maximum absolute atomic E-state index is 5.76. The molecule has 1 fully saturated rings. The zero-order chi connectivity index (χ0) is 13.7. The van der Waals surface area contributed by atoms with Crippen LogP contribution in [-0.2, 0) is 10.2 Å². The van der Waals surface area contributed by atoms with E-state index in [0.717, 1.165) is 30.1 Å². The Morgan fingerprint density at radius 2 is 1.89 bits per heavy atom. The van der Waals surface area contributed by atoms with Crippen LogP contribution in [0.2, 0.25) is 0 Å². The van der Waals surface area contributed by atoms with Crippen LogP contribution in [0.15, 0.2) is 24.3 Å². The third-order valence-corrected chi connectivity index (χ3v) is 6.29. The van der Waals surface area contributed by atoms with Gasteiger partial charge in [-0.05, 0) is 38.2 Å². The highest BCUT2D eigenvalue weighted by Gasteiger charge is 2.31. The van der Waals surface area contributed by atoms with Crippen molar-refractivity contribution in [1.29, 1.82) is 0 Å². The Hall–Kier alpha value is 0.140. The number of benzene rings is 1. The third-order valence-electron chi connectivity index (χ3n) is 4.14. The van der Waals surface area contributed by atoms with Crippen molar-refractivity contribution in [3.05, 3.63) is 35.4 Å². The molecule has 19 heavy (non-hydrogen) atoms. The van der Waals surface area contributed by atoms with Gasteiger partial charge in [-0.2, -0.15) is 0 Å². The molecule has 0 aromatic heterocycles. The standard InChI is InChI=1S/C16H22Br2O/c1-13-4-6-14(7-5-13)16(11-17,12-18)9-8-15-3-2-10-19-15/h4-7,15H,2-3,8-12H2,1H3. The maximum Gasteiger partial charge on any atom is 0.0576 e. The second-order valence-corrected chi connectivity index (χ2v) is 6.71. The van der Waals surface area contributed by atoms with Crippen molar-refractivity contribution in [3.8, 4) is 0 Å². The minimum atomic E-state index is 0.180. The Morgan fingerprint density at radius 3 is 2.42 bits per heavy atom. The Balaban J connectivity index is 2.09. The van der Waals surface area contributed by atoms with Gasteiger partial charge in [0.25, 0.3) is 0 Å². The van der Waals surface area contributed by atoms with Crippen molar-refractivity contribution in [3.63, 3.8) is 0 Å². The molecule has 0 N–H and O–H groups in total. The smallest absolute Gasteiger partial charge is 0.0576 e. The van der Waals surface area contributed by atoms with Crippen LogP contribution in [0, 0.1) is 6.92 Å². The summed E-state index contributed by atoms with van der Waals surface area (Å²) < 4.78 is 5.76. The van der Waals surface area contributed by atoms with Crippen molar-refractivity contribution in [1.82, 2.24) is 0 Å². The fourth-order valence-corrected chi connectivity index (χ4v) is 4.82. The first-order valence-corrected chi connectivity index (χ1v) is 9.25. The van der Waals surface area contributed by atoms with Crippen molar-refractivity contribution < 1.29 is 4.74 Å². The van der Waals surface area contributed by atoms with Gasteiger partial charge in [-0.25, -0.2) is 0 Å². The summed E-state index contributed by atoms with van der Waals surface area (Å²) in [6.45, 7) is 3.09. The zero-order valence-corrected chi connectivity index (χ0v) is 14.7. The SMILES string of the molecule is Cc1ccc(C(CBr)(CBr)CCC2CCCO2)cc1. The Labute approximate surface area is 133 Å². The van der Waals surface area contributed by atoms with Crippen LogP contribution in [0.25, 0.3) is 0 Å². The Morgan fingerprint density at radius 1 is 1.21 bits per heavy atom. The van der Waals surface area contributed by atoms with E-state index in [0.29, 0.717) is 6.10 Å². The molecule has 106 valence electrons. The molecular formula is C16H22Br2O. The summed E-state index contributed by atoms with van der Waals surface area (Å²) in [7, 11) is 0. The molecule has 1 saturated heterocycles. The van der Waals surface area contributed by atoms with Crippen molar-refractivity contribution >= 4 is 31.9 Å². The van der Waals surface area contributed by atoms with Crippen LogP contribution < -0.4 is 0 Å². The molecular weight excluding hydrogens is 368 g/mol. The minimum absolute atomic E-state index is 0.180. The topological polar surface area (TPSA) is 9.23 Å². The number of aryl methyl sites for hydroxylation is 1. The monoisotopic (exact) mass is 388 g/mol. The maximum atomic E-state index is 5.76. The molecule has 1 aliphatic heterocycles. The Bertz CT molecular complexity index is 378. The summed E-state index contributed by atoms with van der Waals surface area (Å²) in [4.78, 5) is 0. The van der Waals surface area contributed by atoms with Gasteiger partial charge in [0.05, 0.1) is 6.10 Å². The molecule has 1 aromatic carbocycles. The average Bonchev–Trinajstić information content (AvgIpc) is 2.95. The van der Waals surface area contributed by atoms with E-state index in [2.05, 4.69) is 63.0 Å². The molecule has 0 amide bonds. The van der Waals surface area contributed by atoms with E-state index in [4.69, 9.17) is 4.74 Å². The molecule has 1 atom stereocenters. The molecule has 1 unspecified atom stereocenters. The molecule has 0 spiro atoms. The van der Waals surface area contributed by atoms with Crippen molar-refractivity contribution in [2.24, 2.45) is 0 Å². The number of halogens is 2. The molecule has 1 heterocycles. The van der Waals surface area contributed by atoms with Crippen LogP contribution in [0.1, 0.15) is 36.8 Å². The van der Waals surface area contributed by atoms with E-state index in [1.807, 2.05) is 0 Å². The van der Waals surface area contributed by atoms with Gasteiger partial charge in [-0.15, -0.1) is 0 Å². The summed E-state index contributed by atoms with van der Waals surface area (Å²) >= 11 is 7.45. The van der Waals surface area contributed by atoms with Crippen LogP contribution in [0.4, 0.5) is 0 Å². The number of hydrogen-bond donors (Lipinski definition) is 0. The number of hydrogen-bond acceptors (Lipinski definition) is 1. The van der Waals surface area contributed by atoms with Gasteiger partial charge in [-0.3, -0.25) is 0 Å². The van der Waals surface area contributed by atoms with Crippen LogP contribution in [0.5, 0.6) is 0 Å². The summed E-state index contributed by atoms with van der Waals surface area (Å²) in [5, 5.41) is 1.97. The van der Waals surface area contributed by atoms with E-state index >= 15 is 0 Å². The van der Waals surface area contributed by atoms with Gasteiger partial charge < -0.3 is 4.74 Å². The second kappa shape index (κ2) is 7.24. The highest BCUT2D eigenvalue weighted by molar-refractivity contribution is 9.09. The summed E-state index contributed by atoms with van der Waals surface area (Å²) in [5.41, 5.74) is 2.92. The fourth-order valence-electron chi connectivity index (χ4n) is 2.68. The molecule has 1 aromatic rings. The predicted octanol–water partition coefficient (Wildman–Crippen LogP) is 4.98. The van der Waals surface area contributed by atoms with E-state index in [9.17, 15) is 0 Å². The van der Waals surface area contributed by atoms with Crippen LogP contribution >= 0.6 is 31.9 Å². The van der Waals surface area contributed by atoms with Gasteiger partial charge in [0, 0.05) is 22.7 Å². The number of ether oxygens (including phenoxy) is 1. The quantitative estimate of drug-likeness (QED) is 0.623.